The van der Waals surface area contributed by atoms with E-state index in [0.717, 1.165) is 17.7 Å². The number of nitrogens with one attached hydrogen (secondary N) is 1. The standard InChI is InChI=1S/C18H22FN3O3/c1-13(24)20-9-16-10-22(12-25-16)15-2-3-17(18(19)8-15)14-4-6-21(11-23)7-5-14/h2-4,8,11,16H,5-7,9-10,12H2,1H3,(H,20,24). The van der Waals surface area contributed by atoms with Crippen molar-refractivity contribution in [3.8, 4) is 0 Å². The Kier molecular flexibility index (Phi) is 5.33. The quantitative estimate of drug-likeness (QED) is 0.818. The number of anilines is 1. The summed E-state index contributed by atoms with van der Waals surface area (Å²) >= 11 is 0. The van der Waals surface area contributed by atoms with E-state index >= 15 is 0 Å². The lowest BCUT2D eigenvalue weighted by Gasteiger charge is -2.23. The molecule has 0 radical (unpaired) electrons. The van der Waals surface area contributed by atoms with Crippen LogP contribution in [0.4, 0.5) is 10.1 Å². The van der Waals surface area contributed by atoms with Gasteiger partial charge in [0, 0.05) is 44.4 Å². The second-order valence-electron chi connectivity index (χ2n) is 6.32. The number of carbonyl (C=O) groups is 2. The van der Waals surface area contributed by atoms with E-state index in [1.165, 1.54) is 13.0 Å². The highest BCUT2D eigenvalue weighted by molar-refractivity contribution is 5.73. The van der Waals surface area contributed by atoms with Crippen molar-refractivity contribution in [3.63, 3.8) is 0 Å². The van der Waals surface area contributed by atoms with Gasteiger partial charge in [0.25, 0.3) is 0 Å². The number of hydrogen-bond donors (Lipinski definition) is 1. The fourth-order valence-corrected chi connectivity index (χ4v) is 3.09. The summed E-state index contributed by atoms with van der Waals surface area (Å²) in [6, 6.07) is 5.19. The molecule has 1 atom stereocenters. The highest BCUT2D eigenvalue weighted by Crippen LogP contribution is 2.28. The lowest BCUT2D eigenvalue weighted by Crippen LogP contribution is -2.33. The Hall–Kier alpha value is -2.41. The summed E-state index contributed by atoms with van der Waals surface area (Å²) in [7, 11) is 0. The Morgan fingerprint density at radius 1 is 1.48 bits per heavy atom. The number of halogens is 1. The molecule has 134 valence electrons. The topological polar surface area (TPSA) is 61.9 Å². The summed E-state index contributed by atoms with van der Waals surface area (Å²) in [6.45, 7) is 4.03. The van der Waals surface area contributed by atoms with E-state index in [4.69, 9.17) is 4.74 Å². The summed E-state index contributed by atoms with van der Waals surface area (Å²) in [5.74, 6) is -0.361. The molecule has 2 aliphatic rings. The highest BCUT2D eigenvalue weighted by atomic mass is 19.1. The van der Waals surface area contributed by atoms with Gasteiger partial charge in [0.2, 0.25) is 12.3 Å². The van der Waals surface area contributed by atoms with Gasteiger partial charge in [-0.1, -0.05) is 6.08 Å². The van der Waals surface area contributed by atoms with Crippen LogP contribution >= 0.6 is 0 Å². The number of hydrogen-bond acceptors (Lipinski definition) is 4. The minimum absolute atomic E-state index is 0.0913. The van der Waals surface area contributed by atoms with Gasteiger partial charge in [-0.2, -0.15) is 0 Å². The molecule has 1 saturated heterocycles. The third-order valence-electron chi connectivity index (χ3n) is 4.52. The average molecular weight is 347 g/mol. The molecule has 0 spiro atoms. The fourth-order valence-electron chi connectivity index (χ4n) is 3.09. The fraction of sp³-hybridized carbons (Fsp3) is 0.444. The summed E-state index contributed by atoms with van der Waals surface area (Å²) in [5.41, 5.74) is 2.28. The molecule has 6 nitrogen and oxygen atoms in total. The maximum atomic E-state index is 14.6. The van der Waals surface area contributed by atoms with Gasteiger partial charge in [-0.3, -0.25) is 9.59 Å². The van der Waals surface area contributed by atoms with Crippen molar-refractivity contribution in [1.82, 2.24) is 10.2 Å². The molecule has 2 amide bonds. The Morgan fingerprint density at radius 2 is 2.32 bits per heavy atom. The lowest BCUT2D eigenvalue weighted by molar-refractivity contribution is -0.119. The molecule has 1 aromatic carbocycles. The third-order valence-corrected chi connectivity index (χ3v) is 4.52. The van der Waals surface area contributed by atoms with Crippen molar-refractivity contribution in [2.45, 2.75) is 19.4 Å². The summed E-state index contributed by atoms with van der Waals surface area (Å²) in [4.78, 5) is 25.3. The second kappa shape index (κ2) is 7.65. The molecular formula is C18H22FN3O3. The number of amides is 2. The maximum Gasteiger partial charge on any atom is 0.216 e. The van der Waals surface area contributed by atoms with Crippen LogP contribution in [-0.2, 0) is 14.3 Å². The van der Waals surface area contributed by atoms with Gasteiger partial charge in [-0.05, 0) is 30.2 Å². The molecule has 0 bridgehead atoms. The van der Waals surface area contributed by atoms with Crippen molar-refractivity contribution in [2.24, 2.45) is 0 Å². The van der Waals surface area contributed by atoms with Crippen LogP contribution in [0.2, 0.25) is 0 Å². The minimum atomic E-state index is -0.270. The first-order valence-electron chi connectivity index (χ1n) is 8.36. The molecule has 2 aliphatic heterocycles. The molecule has 1 unspecified atom stereocenters. The van der Waals surface area contributed by atoms with Crippen LogP contribution in [0.1, 0.15) is 18.9 Å². The van der Waals surface area contributed by atoms with Crippen LogP contribution in [0.25, 0.3) is 5.57 Å². The van der Waals surface area contributed by atoms with Gasteiger partial charge in [0.1, 0.15) is 12.5 Å². The first kappa shape index (κ1) is 17.4. The van der Waals surface area contributed by atoms with E-state index in [1.807, 2.05) is 17.0 Å². The molecule has 0 aliphatic carbocycles. The van der Waals surface area contributed by atoms with E-state index in [0.29, 0.717) is 44.9 Å². The molecule has 25 heavy (non-hydrogen) atoms. The zero-order valence-corrected chi connectivity index (χ0v) is 14.2. The normalized spacial score (nSPS) is 20.4. The van der Waals surface area contributed by atoms with Crippen molar-refractivity contribution in [1.29, 1.82) is 0 Å². The van der Waals surface area contributed by atoms with Crippen LogP contribution in [0, 0.1) is 5.82 Å². The smallest absolute Gasteiger partial charge is 0.216 e. The second-order valence-corrected chi connectivity index (χ2v) is 6.32. The molecular weight excluding hydrogens is 325 g/mol. The first-order chi connectivity index (χ1) is 12.1. The van der Waals surface area contributed by atoms with Crippen molar-refractivity contribution in [2.75, 3.05) is 37.8 Å². The maximum absolute atomic E-state index is 14.6. The average Bonchev–Trinajstić information content (AvgIpc) is 3.09. The molecule has 0 saturated carbocycles. The molecule has 1 aromatic rings. The molecule has 1 fully saturated rings. The van der Waals surface area contributed by atoms with E-state index in [2.05, 4.69) is 5.32 Å². The largest absolute Gasteiger partial charge is 0.354 e. The lowest BCUT2D eigenvalue weighted by atomic mass is 9.98. The van der Waals surface area contributed by atoms with Crippen LogP contribution in [0.5, 0.6) is 0 Å². The zero-order valence-electron chi connectivity index (χ0n) is 14.2. The van der Waals surface area contributed by atoms with Crippen molar-refractivity contribution < 1.29 is 18.7 Å². The Labute approximate surface area is 146 Å². The van der Waals surface area contributed by atoms with Crippen LogP contribution < -0.4 is 10.2 Å². The third kappa shape index (κ3) is 4.17. The molecule has 7 heteroatoms. The Bertz CT molecular complexity index is 692. The molecule has 0 aromatic heterocycles. The van der Waals surface area contributed by atoms with E-state index in [-0.39, 0.29) is 17.8 Å². The highest BCUT2D eigenvalue weighted by Gasteiger charge is 2.24. The minimum Gasteiger partial charge on any atom is -0.354 e. The van der Waals surface area contributed by atoms with Gasteiger partial charge in [-0.15, -0.1) is 0 Å². The molecule has 2 heterocycles. The van der Waals surface area contributed by atoms with Gasteiger partial charge in [0.15, 0.2) is 0 Å². The van der Waals surface area contributed by atoms with E-state index in [9.17, 15) is 14.0 Å². The van der Waals surface area contributed by atoms with Gasteiger partial charge in [-0.25, -0.2) is 4.39 Å². The number of benzene rings is 1. The van der Waals surface area contributed by atoms with Gasteiger partial charge >= 0.3 is 0 Å². The number of ether oxygens (including phenoxy) is 1. The molecule has 1 N–H and O–H groups in total. The predicted octanol–water partition coefficient (Wildman–Crippen LogP) is 1.37. The van der Waals surface area contributed by atoms with Gasteiger partial charge < -0.3 is 19.9 Å². The zero-order chi connectivity index (χ0) is 17.8. The van der Waals surface area contributed by atoms with Crippen molar-refractivity contribution >= 4 is 23.6 Å². The SMILES string of the molecule is CC(=O)NCC1CN(c2ccc(C3=CCN(C=O)CC3)c(F)c2)CO1. The predicted molar refractivity (Wildman–Crippen MR) is 92.4 cm³/mol. The first-order valence-corrected chi connectivity index (χ1v) is 8.36. The Balaban J connectivity index is 1.65. The van der Waals surface area contributed by atoms with Crippen LogP contribution in [0.15, 0.2) is 24.3 Å². The Morgan fingerprint density at radius 3 is 2.96 bits per heavy atom. The number of nitrogens with zero attached hydrogens (tertiary/aromatic N) is 2. The summed E-state index contributed by atoms with van der Waals surface area (Å²) in [6.07, 6.45) is 3.28. The summed E-state index contributed by atoms with van der Waals surface area (Å²) < 4.78 is 20.2. The summed E-state index contributed by atoms with van der Waals surface area (Å²) in [5, 5.41) is 2.73. The van der Waals surface area contributed by atoms with Crippen LogP contribution in [0.3, 0.4) is 0 Å². The van der Waals surface area contributed by atoms with E-state index < -0.39 is 0 Å². The van der Waals surface area contributed by atoms with Crippen LogP contribution in [-0.4, -0.2) is 56.2 Å². The monoisotopic (exact) mass is 347 g/mol. The van der Waals surface area contributed by atoms with Crippen molar-refractivity contribution in [3.05, 3.63) is 35.7 Å². The number of carbonyl (C=O) groups excluding carboxylic acids is 2. The van der Waals surface area contributed by atoms with Gasteiger partial charge in [0.05, 0.1) is 6.10 Å². The number of rotatable bonds is 5. The van der Waals surface area contributed by atoms with E-state index in [1.54, 1.807) is 11.0 Å². The molecule has 3 rings (SSSR count).